The first-order valence-electron chi connectivity index (χ1n) is 31.2. The zero-order valence-corrected chi connectivity index (χ0v) is 59.6. The third kappa shape index (κ3) is 39.5. The second-order valence-electron chi connectivity index (χ2n) is 24.0. The summed E-state index contributed by atoms with van der Waals surface area (Å²) >= 11 is 0. The maximum Gasteiger partial charge on any atom is 0.154 e. The summed E-state index contributed by atoms with van der Waals surface area (Å²) in [5.74, 6) is 2.49. The van der Waals surface area contributed by atoms with Crippen LogP contribution in [0.25, 0.3) is 0 Å². The SMILES string of the molecule is CC(C)(C)C(=O)C1CC1.CC(C)(C)c1ccccn1.CCc1cc(C)nc(C)n1.CCc1cc(C)ncn1.CCc1ccnc(C)c1.COCc1ccnc(C)c1.COCc1nc(C)cc(C)n1.Cc1cc(C)n(C)n1.Cc1ccc(C)nn1.Cc1ccccn1. The fraction of sp³-hybridized carbons (Fsp3) is 0.459. The highest BCUT2D eigenvalue weighted by Crippen LogP contribution is 2.36. The summed E-state index contributed by atoms with van der Waals surface area (Å²) in [5, 5.41) is 11.8. The van der Waals surface area contributed by atoms with Crippen molar-refractivity contribution in [3.8, 4) is 0 Å². The molecular formula is C74H108N14O3. The van der Waals surface area contributed by atoms with E-state index < -0.39 is 0 Å². The number of carbonyl (C=O) groups is 1. The van der Waals surface area contributed by atoms with Gasteiger partial charge in [-0.25, -0.2) is 29.9 Å². The summed E-state index contributed by atoms with van der Waals surface area (Å²) in [5.41, 5.74) is 17.5. The molecule has 1 aliphatic carbocycles. The summed E-state index contributed by atoms with van der Waals surface area (Å²) in [7, 11) is 5.28. The molecule has 0 amide bonds. The Labute approximate surface area is 546 Å². The summed E-state index contributed by atoms with van der Waals surface area (Å²) in [4.78, 5) is 52.4. The number of methoxy groups -OCH3 is 2. The number of Topliss-reactive ketones (excluding diaryl/α,β-unsaturated/α-hetero) is 1. The van der Waals surface area contributed by atoms with Crippen LogP contribution in [-0.4, -0.2) is 89.8 Å². The van der Waals surface area contributed by atoms with Crippen molar-refractivity contribution in [1.82, 2.24) is 69.8 Å². The average molecular weight is 1240 g/mol. The van der Waals surface area contributed by atoms with E-state index in [9.17, 15) is 4.79 Å². The molecule has 0 radical (unpaired) electrons. The molecule has 0 bridgehead atoms. The Hall–Kier alpha value is -8.28. The van der Waals surface area contributed by atoms with Gasteiger partial charge >= 0.3 is 0 Å². The Morgan fingerprint density at radius 2 is 0.978 bits per heavy atom. The van der Waals surface area contributed by atoms with Gasteiger partial charge in [0.25, 0.3) is 0 Å². The van der Waals surface area contributed by atoms with Gasteiger partial charge in [0.2, 0.25) is 0 Å². The van der Waals surface area contributed by atoms with E-state index in [1.807, 2.05) is 207 Å². The fourth-order valence-corrected chi connectivity index (χ4v) is 7.77. The second-order valence-corrected chi connectivity index (χ2v) is 24.0. The predicted octanol–water partition coefficient (Wildman–Crippen LogP) is 15.6. The van der Waals surface area contributed by atoms with E-state index in [4.69, 9.17) is 9.47 Å². The molecule has 1 fully saturated rings. The minimum Gasteiger partial charge on any atom is -0.380 e. The monoisotopic (exact) mass is 1240 g/mol. The van der Waals surface area contributed by atoms with Gasteiger partial charge in [-0.1, -0.05) is 74.4 Å². The molecule has 492 valence electrons. The number of carbonyl (C=O) groups excluding carboxylic acids is 1. The maximum atomic E-state index is 11.2. The standard InChI is InChI=1S/C9H13N.C8H12N2O.C8H12N2.C8H11NO.C8H11N.C8H14O.C7H10N2.C6H10N2.C6H8N2.C6H7N/c1-9(2,3)8-6-4-5-7-10-8;1-6-4-7(2)10-8(9-6)5-11-3;1-4-8-5-6(2)9-7(3)10-8;1-7-5-8(6-10-2)3-4-9-7;1-3-8-4-5-9-7(2)6-8;1-8(2,3)7(9)6-4-5-6;1-3-7-4-6(2)8-5-9-7;1-5-4-6(2)8(3)7-5;1-5-3-4-6(2)8-7-5;1-6-4-2-3-5-7-6/h4-7H,1-3H3;4H,5H2,1-3H3;5H,4H2,1-3H3;3-5H,6H2,1-2H3;4-6H,3H2,1-2H3;6H,4-5H2,1-3H3;4-5H,3H2,1-2H3;4H,1-3H3;3-4H,1-2H3;2-5H,1H3. The van der Waals surface area contributed by atoms with Crippen molar-refractivity contribution in [1.29, 1.82) is 0 Å². The number of ketones is 1. The number of hydrogen-bond acceptors (Lipinski definition) is 16. The molecule has 9 heterocycles. The molecule has 1 aliphatic rings. The highest BCUT2D eigenvalue weighted by Gasteiger charge is 2.36. The molecule has 9 aromatic rings. The first kappa shape index (κ1) is 80.7. The van der Waals surface area contributed by atoms with Crippen LogP contribution in [0.3, 0.4) is 0 Å². The molecule has 0 unspecified atom stereocenters. The first-order chi connectivity index (χ1) is 42.9. The summed E-state index contributed by atoms with van der Waals surface area (Å²) in [6, 6.07) is 31.9. The quantitative estimate of drug-likeness (QED) is 0.139. The molecule has 0 aromatic carbocycles. The smallest absolute Gasteiger partial charge is 0.154 e. The van der Waals surface area contributed by atoms with E-state index in [1.165, 1.54) is 16.8 Å². The van der Waals surface area contributed by atoms with E-state index >= 15 is 0 Å². The molecule has 9 aromatic heterocycles. The lowest BCUT2D eigenvalue weighted by Gasteiger charge is -2.16. The molecule has 1 saturated carbocycles. The Balaban J connectivity index is 0.000000507. The summed E-state index contributed by atoms with van der Waals surface area (Å²) in [6.07, 6.45) is 14.2. The van der Waals surface area contributed by atoms with Gasteiger partial charge in [0.1, 0.15) is 24.5 Å². The maximum absolute atomic E-state index is 11.2. The topological polar surface area (TPSA) is 208 Å². The number of aryl methyl sites for hydroxylation is 16. The molecule has 17 heteroatoms. The number of aromatic nitrogens is 14. The van der Waals surface area contributed by atoms with Crippen LogP contribution >= 0.6 is 0 Å². The molecule has 0 spiro atoms. The highest BCUT2D eigenvalue weighted by atomic mass is 16.5. The van der Waals surface area contributed by atoms with E-state index in [-0.39, 0.29) is 10.8 Å². The molecule has 0 aliphatic heterocycles. The number of ether oxygens (including phenoxy) is 2. The lowest BCUT2D eigenvalue weighted by atomic mass is 9.88. The number of hydrogen-bond donors (Lipinski definition) is 0. The normalized spacial score (nSPS) is 10.9. The number of rotatable bonds is 8. The predicted molar refractivity (Wildman–Crippen MR) is 371 cm³/mol. The van der Waals surface area contributed by atoms with Crippen LogP contribution < -0.4 is 0 Å². The van der Waals surface area contributed by atoms with Gasteiger partial charge in [0.15, 0.2) is 5.82 Å². The van der Waals surface area contributed by atoms with Crippen molar-refractivity contribution < 1.29 is 14.3 Å². The molecule has 0 saturated heterocycles. The van der Waals surface area contributed by atoms with E-state index in [2.05, 4.69) is 125 Å². The molecule has 0 N–H and O–H groups in total. The van der Waals surface area contributed by atoms with Crippen molar-refractivity contribution in [2.45, 2.75) is 196 Å². The van der Waals surface area contributed by atoms with E-state index in [1.54, 1.807) is 32.9 Å². The Morgan fingerprint density at radius 3 is 1.31 bits per heavy atom. The van der Waals surface area contributed by atoms with Crippen LogP contribution in [0.15, 0.2) is 128 Å². The Bertz CT molecular complexity index is 3270. The average Bonchev–Trinajstić information content (AvgIpc) is 2.28. The van der Waals surface area contributed by atoms with E-state index in [0.29, 0.717) is 24.9 Å². The van der Waals surface area contributed by atoms with E-state index in [0.717, 1.165) is 118 Å². The van der Waals surface area contributed by atoms with Gasteiger partial charge in [-0.2, -0.15) is 15.3 Å². The Kier molecular flexibility index (Phi) is 39.2. The lowest BCUT2D eigenvalue weighted by Crippen LogP contribution is -2.21. The van der Waals surface area contributed by atoms with Gasteiger partial charge < -0.3 is 9.47 Å². The zero-order chi connectivity index (χ0) is 68.5. The zero-order valence-electron chi connectivity index (χ0n) is 59.6. The second kappa shape index (κ2) is 44.2. The third-order valence-electron chi connectivity index (χ3n) is 12.6. The first-order valence-corrected chi connectivity index (χ1v) is 31.2. The fourth-order valence-electron chi connectivity index (χ4n) is 7.77. The van der Waals surface area contributed by atoms with Crippen LogP contribution in [0.1, 0.15) is 178 Å². The highest BCUT2D eigenvalue weighted by molar-refractivity contribution is 5.87. The largest absolute Gasteiger partial charge is 0.380 e. The Morgan fingerprint density at radius 1 is 0.473 bits per heavy atom. The van der Waals surface area contributed by atoms with Crippen molar-refractivity contribution in [2.24, 2.45) is 18.4 Å². The van der Waals surface area contributed by atoms with Crippen LogP contribution in [-0.2, 0) is 59.2 Å². The van der Waals surface area contributed by atoms with Gasteiger partial charge in [0.05, 0.1) is 23.7 Å². The molecule has 91 heavy (non-hydrogen) atoms. The van der Waals surface area contributed by atoms with Crippen LogP contribution in [0.2, 0.25) is 0 Å². The van der Waals surface area contributed by atoms with Crippen molar-refractivity contribution in [3.05, 3.63) is 231 Å². The minimum absolute atomic E-state index is 0.0961. The molecular weight excluding hydrogens is 1130 g/mol. The molecule has 17 nitrogen and oxygen atoms in total. The number of pyridine rings is 4. The van der Waals surface area contributed by atoms with Crippen molar-refractivity contribution in [2.75, 3.05) is 14.2 Å². The van der Waals surface area contributed by atoms with Crippen LogP contribution in [0, 0.1) is 94.4 Å². The van der Waals surface area contributed by atoms with Crippen LogP contribution in [0.5, 0.6) is 0 Å². The molecule has 0 atom stereocenters. The molecule has 10 rings (SSSR count). The minimum atomic E-state index is -0.0961. The van der Waals surface area contributed by atoms with Crippen LogP contribution in [0.4, 0.5) is 0 Å². The van der Waals surface area contributed by atoms with Gasteiger partial charge in [0, 0.05) is 125 Å². The van der Waals surface area contributed by atoms with Gasteiger partial charge in [-0.15, -0.1) is 0 Å². The van der Waals surface area contributed by atoms with Crippen molar-refractivity contribution in [3.63, 3.8) is 0 Å². The summed E-state index contributed by atoms with van der Waals surface area (Å²) in [6.45, 7) is 43.6. The van der Waals surface area contributed by atoms with Gasteiger partial charge in [-0.3, -0.25) is 29.4 Å². The van der Waals surface area contributed by atoms with Gasteiger partial charge in [-0.05, 0) is 211 Å². The van der Waals surface area contributed by atoms with Crippen molar-refractivity contribution >= 4 is 5.78 Å². The third-order valence-corrected chi connectivity index (χ3v) is 12.6. The summed E-state index contributed by atoms with van der Waals surface area (Å²) < 4.78 is 11.7. The number of nitrogens with zero attached hydrogens (tertiary/aromatic N) is 14. The lowest BCUT2D eigenvalue weighted by molar-refractivity contribution is -0.127.